The second-order valence-electron chi connectivity index (χ2n) is 7.68. The summed E-state index contributed by atoms with van der Waals surface area (Å²) in [4.78, 5) is 20.2. The fourth-order valence-corrected chi connectivity index (χ4v) is 3.82. The average Bonchev–Trinajstić information content (AvgIpc) is 3.62. The average molecular weight is 457 g/mol. The molecule has 0 aliphatic rings. The summed E-state index contributed by atoms with van der Waals surface area (Å²) in [7, 11) is 3.26. The summed E-state index contributed by atoms with van der Waals surface area (Å²) in [6.45, 7) is 0.654. The van der Waals surface area contributed by atoms with Crippen molar-refractivity contribution in [1.29, 1.82) is 0 Å². The van der Waals surface area contributed by atoms with Crippen molar-refractivity contribution in [3.8, 4) is 22.8 Å². The van der Waals surface area contributed by atoms with E-state index < -0.39 is 0 Å². The lowest BCUT2D eigenvalue weighted by Gasteiger charge is -2.04. The molecule has 1 amide bonds. The zero-order valence-electron chi connectivity index (χ0n) is 18.7. The van der Waals surface area contributed by atoms with E-state index in [2.05, 4.69) is 20.4 Å². The Morgan fingerprint density at radius 2 is 1.91 bits per heavy atom. The Morgan fingerprint density at radius 3 is 2.71 bits per heavy atom. The smallest absolute Gasteiger partial charge is 0.278 e. The number of anilines is 1. The van der Waals surface area contributed by atoms with Crippen LogP contribution in [0.5, 0.6) is 11.5 Å². The van der Waals surface area contributed by atoms with E-state index in [0.29, 0.717) is 23.7 Å². The molecular formula is C25H23N5O4. The van der Waals surface area contributed by atoms with E-state index in [1.165, 1.54) is 12.0 Å². The zero-order valence-corrected chi connectivity index (χ0v) is 18.7. The molecule has 0 radical (unpaired) electrons. The van der Waals surface area contributed by atoms with Crippen molar-refractivity contribution in [2.24, 2.45) is 0 Å². The Kier molecular flexibility index (Phi) is 5.73. The molecule has 0 atom stereocenters. The van der Waals surface area contributed by atoms with Crippen LogP contribution in [0.25, 0.3) is 22.2 Å². The maximum absolute atomic E-state index is 12.8. The number of ether oxygens (including phenoxy) is 2. The number of oxazole rings is 1. The molecule has 0 spiro atoms. The largest absolute Gasteiger partial charge is 0.497 e. The molecule has 0 unspecified atom stereocenters. The number of aromatic nitrogens is 4. The molecule has 0 bridgehead atoms. The van der Waals surface area contributed by atoms with Gasteiger partial charge in [0.15, 0.2) is 17.8 Å². The van der Waals surface area contributed by atoms with Crippen LogP contribution in [0, 0.1) is 0 Å². The number of nitrogens with zero attached hydrogens (tertiary/aromatic N) is 3. The van der Waals surface area contributed by atoms with Crippen LogP contribution in [0.1, 0.15) is 16.1 Å². The van der Waals surface area contributed by atoms with Gasteiger partial charge in [0.2, 0.25) is 0 Å². The zero-order chi connectivity index (χ0) is 23.5. The topological polar surface area (TPSA) is 107 Å². The number of carbonyl (C=O) groups is 1. The highest BCUT2D eigenvalue weighted by molar-refractivity contribution is 6.06. The van der Waals surface area contributed by atoms with Gasteiger partial charge in [-0.3, -0.25) is 9.48 Å². The summed E-state index contributed by atoms with van der Waals surface area (Å²) in [5, 5.41) is 8.34. The number of methoxy groups -OCH3 is 2. The molecule has 2 aromatic carbocycles. The molecule has 9 heteroatoms. The Bertz CT molecular complexity index is 1430. The predicted octanol–water partition coefficient (Wildman–Crippen LogP) is 4.53. The molecule has 9 nitrogen and oxygen atoms in total. The summed E-state index contributed by atoms with van der Waals surface area (Å²) in [5.74, 6) is 1.55. The highest BCUT2D eigenvalue weighted by Crippen LogP contribution is 2.26. The van der Waals surface area contributed by atoms with Crippen molar-refractivity contribution in [1.82, 2.24) is 19.7 Å². The van der Waals surface area contributed by atoms with E-state index in [9.17, 15) is 4.79 Å². The number of hydrogen-bond donors (Lipinski definition) is 2. The van der Waals surface area contributed by atoms with Crippen molar-refractivity contribution < 1.29 is 18.7 Å². The Hall–Kier alpha value is -4.53. The molecule has 2 N–H and O–H groups in total. The molecule has 34 heavy (non-hydrogen) atoms. The van der Waals surface area contributed by atoms with Crippen molar-refractivity contribution in [3.63, 3.8) is 0 Å². The van der Waals surface area contributed by atoms with E-state index >= 15 is 0 Å². The van der Waals surface area contributed by atoms with Gasteiger partial charge in [0, 0.05) is 35.4 Å². The number of aryl methyl sites for hydroxylation is 2. The van der Waals surface area contributed by atoms with E-state index in [0.717, 1.165) is 28.6 Å². The summed E-state index contributed by atoms with van der Waals surface area (Å²) >= 11 is 0. The lowest BCUT2D eigenvalue weighted by atomic mass is 10.1. The molecule has 5 rings (SSSR count). The maximum Gasteiger partial charge on any atom is 0.278 e. The molecule has 5 aromatic rings. The normalized spacial score (nSPS) is 11.0. The third kappa shape index (κ3) is 4.23. The first-order valence-corrected chi connectivity index (χ1v) is 10.7. The van der Waals surface area contributed by atoms with Crippen molar-refractivity contribution in [2.45, 2.75) is 13.0 Å². The Morgan fingerprint density at radius 1 is 1.12 bits per heavy atom. The second-order valence-corrected chi connectivity index (χ2v) is 7.68. The summed E-state index contributed by atoms with van der Waals surface area (Å²) < 4.78 is 17.8. The second kappa shape index (κ2) is 9.14. The number of H-pyrrole nitrogens is 1. The van der Waals surface area contributed by atoms with Crippen LogP contribution in [0.15, 0.2) is 71.9 Å². The van der Waals surface area contributed by atoms with Crippen LogP contribution in [-0.2, 0) is 13.0 Å². The van der Waals surface area contributed by atoms with Gasteiger partial charge in [-0.2, -0.15) is 5.10 Å². The summed E-state index contributed by atoms with van der Waals surface area (Å²) in [6, 6.07) is 13.2. The highest BCUT2D eigenvalue weighted by Gasteiger charge is 2.19. The number of rotatable bonds is 8. The summed E-state index contributed by atoms with van der Waals surface area (Å²) in [6.07, 6.45) is 7.44. The molecule has 0 aliphatic carbocycles. The first-order valence-electron chi connectivity index (χ1n) is 10.7. The van der Waals surface area contributed by atoms with Gasteiger partial charge in [-0.15, -0.1) is 0 Å². The highest BCUT2D eigenvalue weighted by atomic mass is 16.5. The molecule has 0 aliphatic heterocycles. The molecule has 0 fully saturated rings. The van der Waals surface area contributed by atoms with E-state index in [4.69, 9.17) is 13.9 Å². The Balaban J connectivity index is 1.25. The number of hydrogen-bond acceptors (Lipinski definition) is 6. The Labute approximate surface area is 195 Å². The molecule has 0 saturated carbocycles. The van der Waals surface area contributed by atoms with Crippen LogP contribution in [0.3, 0.4) is 0 Å². The number of carbonyl (C=O) groups excluding carboxylic acids is 1. The first-order chi connectivity index (χ1) is 16.6. The van der Waals surface area contributed by atoms with Gasteiger partial charge in [0.25, 0.3) is 5.91 Å². The maximum atomic E-state index is 12.8. The van der Waals surface area contributed by atoms with Crippen molar-refractivity contribution in [2.75, 3.05) is 19.5 Å². The van der Waals surface area contributed by atoms with Crippen LogP contribution in [-0.4, -0.2) is 39.9 Å². The van der Waals surface area contributed by atoms with Gasteiger partial charge in [-0.05, 0) is 54.4 Å². The van der Waals surface area contributed by atoms with Crippen LogP contribution in [0.2, 0.25) is 0 Å². The molecule has 3 aromatic heterocycles. The SMILES string of the molecule is COc1ccc(-c2ocnc2C(=O)Nc2cnn(CCc3c[nH]c4ccc(OC)cc34)c2)cc1. The van der Waals surface area contributed by atoms with Crippen molar-refractivity contribution >= 4 is 22.5 Å². The first kappa shape index (κ1) is 21.3. The van der Waals surface area contributed by atoms with E-state index in [-0.39, 0.29) is 11.6 Å². The minimum atomic E-state index is -0.372. The monoisotopic (exact) mass is 457 g/mol. The number of fused-ring (bicyclic) bond motifs is 1. The number of aromatic amines is 1. The van der Waals surface area contributed by atoms with E-state index in [1.54, 1.807) is 43.4 Å². The molecule has 0 saturated heterocycles. The number of benzene rings is 2. The number of amides is 1. The predicted molar refractivity (Wildman–Crippen MR) is 127 cm³/mol. The summed E-state index contributed by atoms with van der Waals surface area (Å²) in [5.41, 5.74) is 3.74. The minimum absolute atomic E-state index is 0.200. The van der Waals surface area contributed by atoms with Crippen LogP contribution >= 0.6 is 0 Å². The molecule has 172 valence electrons. The fourth-order valence-electron chi connectivity index (χ4n) is 3.82. The van der Waals surface area contributed by atoms with Gasteiger partial charge < -0.3 is 24.2 Å². The van der Waals surface area contributed by atoms with Gasteiger partial charge in [-0.1, -0.05) is 0 Å². The molecular weight excluding hydrogens is 434 g/mol. The molecule has 3 heterocycles. The van der Waals surface area contributed by atoms with Crippen LogP contribution in [0.4, 0.5) is 5.69 Å². The van der Waals surface area contributed by atoms with Gasteiger partial charge in [0.1, 0.15) is 11.5 Å². The minimum Gasteiger partial charge on any atom is -0.497 e. The fraction of sp³-hybridized carbons (Fsp3) is 0.160. The lowest BCUT2D eigenvalue weighted by Crippen LogP contribution is -2.13. The van der Waals surface area contributed by atoms with Crippen molar-refractivity contribution in [3.05, 3.63) is 78.7 Å². The van der Waals surface area contributed by atoms with Gasteiger partial charge in [-0.25, -0.2) is 4.98 Å². The third-order valence-corrected chi connectivity index (χ3v) is 5.61. The quantitative estimate of drug-likeness (QED) is 0.354. The number of nitrogens with one attached hydrogen (secondary N) is 2. The third-order valence-electron chi connectivity index (χ3n) is 5.61. The van der Waals surface area contributed by atoms with E-state index in [1.807, 2.05) is 36.5 Å². The van der Waals surface area contributed by atoms with Gasteiger partial charge >= 0.3 is 0 Å². The van der Waals surface area contributed by atoms with Crippen LogP contribution < -0.4 is 14.8 Å². The standard InChI is InChI=1S/C25H23N5O4/c1-32-19-5-3-16(4-6-19)24-23(27-15-34-24)25(31)29-18-13-28-30(14-18)10-9-17-12-26-22-8-7-20(33-2)11-21(17)22/h3-8,11-15,26H,9-10H2,1-2H3,(H,29,31). The lowest BCUT2D eigenvalue weighted by molar-refractivity contribution is 0.102. The van der Waals surface area contributed by atoms with Gasteiger partial charge in [0.05, 0.1) is 26.1 Å².